The van der Waals surface area contributed by atoms with Crippen molar-refractivity contribution in [3.63, 3.8) is 0 Å². The minimum atomic E-state index is -1.87. The summed E-state index contributed by atoms with van der Waals surface area (Å²) in [6, 6.07) is 0. The fraction of sp³-hybridized carbons (Fsp3) is 1.00. The molecule has 0 bridgehead atoms. The van der Waals surface area contributed by atoms with Crippen molar-refractivity contribution in [3.8, 4) is 0 Å². The van der Waals surface area contributed by atoms with E-state index in [0.717, 1.165) is 12.8 Å². The van der Waals surface area contributed by atoms with Gasteiger partial charge in [0, 0.05) is 9.98 Å². The zero-order valence-corrected chi connectivity index (χ0v) is 11.6. The highest BCUT2D eigenvalue weighted by atomic mass is 31.1. The molecular formula is C12H24O3P+. The van der Waals surface area contributed by atoms with Gasteiger partial charge in [0.05, 0.1) is 0 Å². The molecule has 0 aromatic heterocycles. The molecule has 0 radical (unpaired) electrons. The van der Waals surface area contributed by atoms with Crippen LogP contribution in [-0.4, -0.2) is 12.7 Å². The Bertz CT molecular complexity index is 222. The van der Waals surface area contributed by atoms with Crippen LogP contribution in [-0.2, 0) is 13.6 Å². The van der Waals surface area contributed by atoms with Gasteiger partial charge < -0.3 is 0 Å². The molecule has 2 unspecified atom stereocenters. The summed E-state index contributed by atoms with van der Waals surface area (Å²) in [7, 11) is -1.87. The number of unbranched alkanes of at least 4 members (excludes halogenated alkanes) is 2. The van der Waals surface area contributed by atoms with Crippen LogP contribution < -0.4 is 0 Å². The second-order valence-corrected chi connectivity index (χ2v) is 5.73. The lowest BCUT2D eigenvalue weighted by Gasteiger charge is -2.36. The largest absolute Gasteiger partial charge is 0.697 e. The molecule has 3 nitrogen and oxygen atoms in total. The molecule has 0 aromatic rings. The van der Waals surface area contributed by atoms with Crippen LogP contribution >= 0.6 is 8.25 Å². The van der Waals surface area contributed by atoms with E-state index in [9.17, 15) is 4.57 Å². The molecule has 0 saturated carbocycles. The van der Waals surface area contributed by atoms with Crippen molar-refractivity contribution in [2.24, 2.45) is 5.41 Å². The van der Waals surface area contributed by atoms with Gasteiger partial charge in [0.1, 0.15) is 12.7 Å². The Hall–Kier alpha value is 0.0200. The Kier molecular flexibility index (Phi) is 5.88. The third-order valence-electron chi connectivity index (χ3n) is 3.62. The Morgan fingerprint density at radius 1 is 1.25 bits per heavy atom. The summed E-state index contributed by atoms with van der Waals surface area (Å²) in [5, 5.41) is 0. The van der Waals surface area contributed by atoms with E-state index in [-0.39, 0.29) is 11.5 Å². The molecule has 4 heteroatoms. The lowest BCUT2D eigenvalue weighted by Crippen LogP contribution is -2.41. The van der Waals surface area contributed by atoms with E-state index < -0.39 is 8.25 Å². The van der Waals surface area contributed by atoms with Crippen molar-refractivity contribution in [3.05, 3.63) is 0 Å². The Morgan fingerprint density at radius 2 is 1.81 bits per heavy atom. The van der Waals surface area contributed by atoms with Gasteiger partial charge in [0.25, 0.3) is 0 Å². The van der Waals surface area contributed by atoms with Crippen molar-refractivity contribution in [1.29, 1.82) is 0 Å². The molecule has 1 aliphatic rings. The van der Waals surface area contributed by atoms with Crippen LogP contribution in [0.15, 0.2) is 0 Å². The van der Waals surface area contributed by atoms with Crippen LogP contribution in [0, 0.1) is 5.41 Å². The summed E-state index contributed by atoms with van der Waals surface area (Å²) < 4.78 is 21.8. The van der Waals surface area contributed by atoms with E-state index in [0.29, 0.717) is 6.61 Å². The molecule has 1 aliphatic heterocycles. The van der Waals surface area contributed by atoms with Gasteiger partial charge in [-0.15, -0.1) is 9.05 Å². The number of hydrogen-bond acceptors (Lipinski definition) is 3. The maximum absolute atomic E-state index is 11.2. The molecule has 16 heavy (non-hydrogen) atoms. The summed E-state index contributed by atoms with van der Waals surface area (Å²) in [5.41, 5.74) is 0.0925. The summed E-state index contributed by atoms with van der Waals surface area (Å²) in [4.78, 5) is 0. The third-order valence-corrected chi connectivity index (χ3v) is 4.45. The molecule has 1 saturated heterocycles. The average Bonchev–Trinajstić information content (AvgIpc) is 2.27. The van der Waals surface area contributed by atoms with E-state index in [1.807, 2.05) is 6.92 Å². The zero-order valence-electron chi connectivity index (χ0n) is 10.7. The summed E-state index contributed by atoms with van der Waals surface area (Å²) in [5.74, 6) is 0. The minimum absolute atomic E-state index is 0.0583. The highest BCUT2D eigenvalue weighted by Gasteiger charge is 2.48. The van der Waals surface area contributed by atoms with Gasteiger partial charge in [-0.05, 0) is 19.8 Å². The second-order valence-electron chi connectivity index (χ2n) is 4.81. The van der Waals surface area contributed by atoms with E-state index in [2.05, 4.69) is 13.8 Å². The fourth-order valence-electron chi connectivity index (χ4n) is 2.30. The highest BCUT2D eigenvalue weighted by Crippen LogP contribution is 2.47. The van der Waals surface area contributed by atoms with Crippen LogP contribution in [0.5, 0.6) is 0 Å². The molecule has 0 amide bonds. The fourth-order valence-corrected chi connectivity index (χ4v) is 3.21. The minimum Gasteiger partial charge on any atom is -0.118 e. The molecule has 1 heterocycles. The van der Waals surface area contributed by atoms with E-state index in [1.54, 1.807) is 0 Å². The smallest absolute Gasteiger partial charge is 0.118 e. The van der Waals surface area contributed by atoms with Gasteiger partial charge >= 0.3 is 8.25 Å². The predicted octanol–water partition coefficient (Wildman–Crippen LogP) is 4.45. The average molecular weight is 247 g/mol. The van der Waals surface area contributed by atoms with E-state index in [4.69, 9.17) is 9.05 Å². The van der Waals surface area contributed by atoms with Crippen molar-refractivity contribution < 1.29 is 13.6 Å². The topological polar surface area (TPSA) is 35.5 Å². The first-order chi connectivity index (χ1) is 7.64. The van der Waals surface area contributed by atoms with Gasteiger partial charge in [-0.3, -0.25) is 0 Å². The van der Waals surface area contributed by atoms with Gasteiger partial charge in [0.15, 0.2) is 0 Å². The SMILES string of the molecule is CCCCC1(CCCC)CO[P+](=O)OC1C. The Labute approximate surface area is 99.9 Å². The van der Waals surface area contributed by atoms with E-state index in [1.165, 1.54) is 25.7 Å². The molecule has 1 fully saturated rings. The maximum atomic E-state index is 11.2. The van der Waals surface area contributed by atoms with Crippen LogP contribution in [0.3, 0.4) is 0 Å². The zero-order chi connectivity index (χ0) is 12.0. The van der Waals surface area contributed by atoms with Crippen molar-refractivity contribution in [2.45, 2.75) is 65.4 Å². The standard InChI is InChI=1S/C12H24O3P/c1-4-6-8-12(9-7-5-2)10-14-16(13)15-11(12)3/h11H,4-10H2,1-3H3/q+1. The van der Waals surface area contributed by atoms with Crippen LogP contribution in [0.1, 0.15) is 59.3 Å². The quantitative estimate of drug-likeness (QED) is 0.650. The summed E-state index contributed by atoms with van der Waals surface area (Å²) >= 11 is 0. The van der Waals surface area contributed by atoms with Crippen LogP contribution in [0.2, 0.25) is 0 Å². The highest BCUT2D eigenvalue weighted by molar-refractivity contribution is 7.33. The Balaban J connectivity index is 2.64. The second kappa shape index (κ2) is 6.68. The van der Waals surface area contributed by atoms with Crippen LogP contribution in [0.4, 0.5) is 0 Å². The lowest BCUT2D eigenvalue weighted by molar-refractivity contribution is -0.0413. The summed E-state index contributed by atoms with van der Waals surface area (Å²) in [6.45, 7) is 7.04. The molecule has 0 aromatic carbocycles. The predicted molar refractivity (Wildman–Crippen MR) is 65.6 cm³/mol. The first kappa shape index (κ1) is 14.1. The van der Waals surface area contributed by atoms with Crippen LogP contribution in [0.25, 0.3) is 0 Å². The first-order valence-electron chi connectivity index (χ1n) is 6.41. The molecule has 0 aliphatic carbocycles. The maximum Gasteiger partial charge on any atom is 0.697 e. The lowest BCUT2D eigenvalue weighted by atomic mass is 9.75. The molecule has 94 valence electrons. The number of rotatable bonds is 6. The molecule has 0 spiro atoms. The monoisotopic (exact) mass is 247 g/mol. The van der Waals surface area contributed by atoms with Crippen molar-refractivity contribution >= 4 is 8.25 Å². The molecule has 2 atom stereocenters. The van der Waals surface area contributed by atoms with Crippen molar-refractivity contribution in [1.82, 2.24) is 0 Å². The first-order valence-corrected chi connectivity index (χ1v) is 7.51. The van der Waals surface area contributed by atoms with Gasteiger partial charge in [0.2, 0.25) is 0 Å². The molecule has 0 N–H and O–H groups in total. The summed E-state index contributed by atoms with van der Waals surface area (Å²) in [6.07, 6.45) is 7.05. The van der Waals surface area contributed by atoms with Gasteiger partial charge in [-0.25, -0.2) is 0 Å². The van der Waals surface area contributed by atoms with Gasteiger partial charge in [-0.1, -0.05) is 39.5 Å². The molecule has 1 rings (SSSR count). The van der Waals surface area contributed by atoms with Gasteiger partial charge in [-0.2, -0.15) is 0 Å². The number of hydrogen-bond donors (Lipinski definition) is 0. The Morgan fingerprint density at radius 3 is 2.25 bits per heavy atom. The van der Waals surface area contributed by atoms with Crippen molar-refractivity contribution in [2.75, 3.05) is 6.61 Å². The third kappa shape index (κ3) is 3.51. The normalized spacial score (nSPS) is 26.9. The van der Waals surface area contributed by atoms with E-state index >= 15 is 0 Å². The molecular weight excluding hydrogens is 223 g/mol.